The second kappa shape index (κ2) is 12.0. The molecule has 1 unspecified atom stereocenters. The summed E-state index contributed by atoms with van der Waals surface area (Å²) >= 11 is 0. The van der Waals surface area contributed by atoms with Gasteiger partial charge in [0.2, 0.25) is 0 Å². The molecule has 0 radical (unpaired) electrons. The molecule has 1 aliphatic carbocycles. The monoisotopic (exact) mass is 298 g/mol. The fourth-order valence-corrected chi connectivity index (χ4v) is 5.73. The molecule has 0 aliphatic heterocycles. The normalized spacial score (nSPS) is 18.9. The smallest absolute Gasteiger partial charge is 0.0122 e. The van der Waals surface area contributed by atoms with Gasteiger partial charge in [-0.1, -0.05) is 84.5 Å². The highest BCUT2D eigenvalue weighted by Gasteiger charge is 2.30. The van der Waals surface area contributed by atoms with Gasteiger partial charge in [-0.2, -0.15) is 0 Å². The van der Waals surface area contributed by atoms with Crippen molar-refractivity contribution in [1.82, 2.24) is 0 Å². The third kappa shape index (κ3) is 8.02. The van der Waals surface area contributed by atoms with Crippen molar-refractivity contribution < 1.29 is 0 Å². The standard InChI is InChI=1S/C19H39P/c1-3-5-7-8-9-14-18-20-19(15-11-6-4-2)16-12-10-13-17-19/h20H,3-18H2,1-2H3. The zero-order valence-corrected chi connectivity index (χ0v) is 15.3. The van der Waals surface area contributed by atoms with Gasteiger partial charge >= 0.3 is 0 Å². The third-order valence-corrected chi connectivity index (χ3v) is 7.20. The van der Waals surface area contributed by atoms with Gasteiger partial charge in [-0.3, -0.25) is 0 Å². The molecular weight excluding hydrogens is 259 g/mol. The fraction of sp³-hybridized carbons (Fsp3) is 1.00. The molecule has 1 heteroatoms. The number of hydrogen-bond acceptors (Lipinski definition) is 0. The molecule has 1 rings (SSSR count). The van der Waals surface area contributed by atoms with Gasteiger partial charge < -0.3 is 0 Å². The van der Waals surface area contributed by atoms with Crippen LogP contribution in [0.1, 0.15) is 110 Å². The summed E-state index contributed by atoms with van der Waals surface area (Å²) in [7, 11) is 1.28. The van der Waals surface area contributed by atoms with E-state index in [1.165, 1.54) is 91.8 Å². The highest BCUT2D eigenvalue weighted by atomic mass is 31.1. The van der Waals surface area contributed by atoms with Crippen molar-refractivity contribution in [2.24, 2.45) is 0 Å². The van der Waals surface area contributed by atoms with Gasteiger partial charge in [0.1, 0.15) is 0 Å². The minimum absolute atomic E-state index is 0.802. The summed E-state index contributed by atoms with van der Waals surface area (Å²) in [4.78, 5) is 0. The Labute approximate surface area is 130 Å². The molecule has 120 valence electrons. The van der Waals surface area contributed by atoms with E-state index in [-0.39, 0.29) is 0 Å². The first-order valence-corrected chi connectivity index (χ1v) is 10.8. The largest absolute Gasteiger partial charge is 0.116 e. The van der Waals surface area contributed by atoms with Gasteiger partial charge in [-0.15, -0.1) is 8.58 Å². The predicted molar refractivity (Wildman–Crippen MR) is 96.5 cm³/mol. The molecule has 1 saturated carbocycles. The molecule has 0 saturated heterocycles. The van der Waals surface area contributed by atoms with Gasteiger partial charge in [-0.05, 0) is 37.0 Å². The van der Waals surface area contributed by atoms with Crippen LogP contribution in [0.2, 0.25) is 0 Å². The Morgan fingerprint density at radius 1 is 0.700 bits per heavy atom. The van der Waals surface area contributed by atoms with Crippen molar-refractivity contribution in [3.8, 4) is 0 Å². The Hall–Kier alpha value is 0.430. The van der Waals surface area contributed by atoms with Crippen LogP contribution < -0.4 is 0 Å². The SMILES string of the molecule is CCCCCCCCPC1(CCCCC)CCCCC1. The molecule has 0 aromatic rings. The summed E-state index contributed by atoms with van der Waals surface area (Å²) in [6.07, 6.45) is 23.9. The fourth-order valence-electron chi connectivity index (χ4n) is 3.72. The van der Waals surface area contributed by atoms with Crippen molar-refractivity contribution >= 4 is 8.58 Å². The highest BCUT2D eigenvalue weighted by molar-refractivity contribution is 7.40. The first kappa shape index (κ1) is 18.5. The van der Waals surface area contributed by atoms with Crippen LogP contribution in [0.25, 0.3) is 0 Å². The van der Waals surface area contributed by atoms with Crippen LogP contribution in [-0.4, -0.2) is 11.3 Å². The minimum atomic E-state index is 0.802. The van der Waals surface area contributed by atoms with Crippen LogP contribution in [0.4, 0.5) is 0 Å². The lowest BCUT2D eigenvalue weighted by molar-refractivity contribution is 0.363. The summed E-state index contributed by atoms with van der Waals surface area (Å²) in [6, 6.07) is 0. The molecule has 0 nitrogen and oxygen atoms in total. The van der Waals surface area contributed by atoms with E-state index in [4.69, 9.17) is 0 Å². The molecule has 0 heterocycles. The second-order valence-electron chi connectivity index (χ2n) is 6.99. The lowest BCUT2D eigenvalue weighted by Gasteiger charge is -2.38. The Morgan fingerprint density at radius 2 is 1.30 bits per heavy atom. The molecular formula is C19H39P. The molecule has 1 aliphatic rings. The van der Waals surface area contributed by atoms with Gasteiger partial charge in [0, 0.05) is 0 Å². The predicted octanol–water partition coefficient (Wildman–Crippen LogP) is 7.31. The molecule has 0 N–H and O–H groups in total. The van der Waals surface area contributed by atoms with E-state index in [0.717, 1.165) is 5.16 Å². The van der Waals surface area contributed by atoms with Gasteiger partial charge in [0.05, 0.1) is 0 Å². The Balaban J connectivity index is 2.16. The maximum atomic E-state index is 2.34. The summed E-state index contributed by atoms with van der Waals surface area (Å²) in [5.41, 5.74) is 0. The van der Waals surface area contributed by atoms with Gasteiger partial charge in [0.25, 0.3) is 0 Å². The van der Waals surface area contributed by atoms with E-state index in [1.807, 2.05) is 0 Å². The average molecular weight is 298 g/mol. The van der Waals surface area contributed by atoms with Gasteiger partial charge in [0.15, 0.2) is 0 Å². The van der Waals surface area contributed by atoms with Crippen molar-refractivity contribution in [3.05, 3.63) is 0 Å². The van der Waals surface area contributed by atoms with E-state index in [0.29, 0.717) is 0 Å². The molecule has 0 spiro atoms. The topological polar surface area (TPSA) is 0 Å². The van der Waals surface area contributed by atoms with E-state index >= 15 is 0 Å². The first-order chi connectivity index (χ1) is 9.83. The van der Waals surface area contributed by atoms with Crippen molar-refractivity contribution in [3.63, 3.8) is 0 Å². The van der Waals surface area contributed by atoms with Crippen molar-refractivity contribution in [2.45, 2.75) is 115 Å². The summed E-state index contributed by atoms with van der Waals surface area (Å²) in [5, 5.41) is 0.802. The zero-order valence-electron chi connectivity index (χ0n) is 14.3. The lowest BCUT2D eigenvalue weighted by atomic mass is 9.84. The van der Waals surface area contributed by atoms with E-state index < -0.39 is 0 Å². The third-order valence-electron chi connectivity index (χ3n) is 5.10. The number of hydrogen-bond donors (Lipinski definition) is 0. The Kier molecular flexibility index (Phi) is 11.1. The van der Waals surface area contributed by atoms with Gasteiger partial charge in [-0.25, -0.2) is 0 Å². The Bertz CT molecular complexity index is 206. The first-order valence-electron chi connectivity index (χ1n) is 9.58. The molecule has 1 fully saturated rings. The van der Waals surface area contributed by atoms with Crippen LogP contribution in [0, 0.1) is 0 Å². The van der Waals surface area contributed by atoms with E-state index in [9.17, 15) is 0 Å². The summed E-state index contributed by atoms with van der Waals surface area (Å²) in [5.74, 6) is 0. The molecule has 0 bridgehead atoms. The molecule has 0 amide bonds. The van der Waals surface area contributed by atoms with Crippen molar-refractivity contribution in [2.75, 3.05) is 6.16 Å². The van der Waals surface area contributed by atoms with Crippen LogP contribution in [-0.2, 0) is 0 Å². The van der Waals surface area contributed by atoms with Crippen LogP contribution in [0.15, 0.2) is 0 Å². The van der Waals surface area contributed by atoms with Crippen LogP contribution in [0.5, 0.6) is 0 Å². The van der Waals surface area contributed by atoms with Crippen LogP contribution in [0.3, 0.4) is 0 Å². The lowest BCUT2D eigenvalue weighted by Crippen LogP contribution is -2.26. The maximum Gasteiger partial charge on any atom is -0.0122 e. The average Bonchev–Trinajstić information content (AvgIpc) is 2.48. The van der Waals surface area contributed by atoms with Crippen LogP contribution >= 0.6 is 8.58 Å². The minimum Gasteiger partial charge on any atom is -0.116 e. The maximum absolute atomic E-state index is 2.34. The molecule has 0 aromatic heterocycles. The summed E-state index contributed by atoms with van der Waals surface area (Å²) in [6.45, 7) is 4.65. The Morgan fingerprint density at radius 3 is 2.00 bits per heavy atom. The zero-order chi connectivity index (χ0) is 14.5. The number of rotatable bonds is 12. The van der Waals surface area contributed by atoms with E-state index in [1.54, 1.807) is 19.3 Å². The molecule has 0 aromatic carbocycles. The second-order valence-corrected chi connectivity index (χ2v) is 8.91. The van der Waals surface area contributed by atoms with E-state index in [2.05, 4.69) is 13.8 Å². The summed E-state index contributed by atoms with van der Waals surface area (Å²) < 4.78 is 0. The molecule has 1 atom stereocenters. The van der Waals surface area contributed by atoms with Crippen molar-refractivity contribution in [1.29, 1.82) is 0 Å². The highest BCUT2D eigenvalue weighted by Crippen LogP contribution is 2.48. The quantitative estimate of drug-likeness (QED) is 0.262. The molecule has 20 heavy (non-hydrogen) atoms. The number of unbranched alkanes of at least 4 members (excludes halogenated alkanes) is 7.